The van der Waals surface area contributed by atoms with Gasteiger partial charge in [0.2, 0.25) is 0 Å². The summed E-state index contributed by atoms with van der Waals surface area (Å²) in [6.45, 7) is 15.4. The molecule has 0 aliphatic rings. The van der Waals surface area contributed by atoms with Crippen molar-refractivity contribution in [2.45, 2.75) is 58.3 Å². The zero-order valence-corrected chi connectivity index (χ0v) is 14.7. The van der Waals surface area contributed by atoms with Gasteiger partial charge in [-0.05, 0) is 6.07 Å². The predicted octanol–water partition coefficient (Wildman–Crippen LogP) is 4.27. The molecule has 1 unspecified atom stereocenters. The number of rotatable bonds is 2. The highest BCUT2D eigenvalue weighted by atomic mass is 28.3. The molecule has 0 spiro atoms. The SMILES string of the molecule is CC(C#Cc1c(C=O)ccnc1C(C)(C)C)[Si](C)(C)C. The Kier molecular flexibility index (Phi) is 4.93. The van der Waals surface area contributed by atoms with Gasteiger partial charge in [0.05, 0.1) is 19.3 Å². The standard InChI is InChI=1S/C17H25NOSi/c1-13(20(5,6)7)8-9-15-14(12-19)10-11-18-16(15)17(2,3)4/h10-13H,1-7H3. The molecule has 0 aliphatic carbocycles. The first-order valence-corrected chi connectivity index (χ1v) is 10.6. The Labute approximate surface area is 124 Å². The molecular weight excluding hydrogens is 262 g/mol. The second-order valence-corrected chi connectivity index (χ2v) is 12.9. The van der Waals surface area contributed by atoms with Gasteiger partial charge in [-0.1, -0.05) is 59.2 Å². The van der Waals surface area contributed by atoms with Crippen molar-refractivity contribution in [1.82, 2.24) is 4.98 Å². The van der Waals surface area contributed by atoms with Crippen LogP contribution in [0.3, 0.4) is 0 Å². The van der Waals surface area contributed by atoms with Crippen molar-refractivity contribution in [3.05, 3.63) is 29.1 Å². The monoisotopic (exact) mass is 287 g/mol. The van der Waals surface area contributed by atoms with Crippen molar-refractivity contribution in [3.63, 3.8) is 0 Å². The maximum atomic E-state index is 11.3. The molecule has 0 aromatic carbocycles. The lowest BCUT2D eigenvalue weighted by molar-refractivity contribution is 0.112. The zero-order chi connectivity index (χ0) is 15.6. The van der Waals surface area contributed by atoms with Crippen LogP contribution in [-0.4, -0.2) is 19.3 Å². The summed E-state index contributed by atoms with van der Waals surface area (Å²) in [6, 6.07) is 1.74. The molecule has 1 aromatic rings. The second-order valence-electron chi connectivity index (χ2n) is 7.35. The molecule has 108 valence electrons. The van der Waals surface area contributed by atoms with E-state index in [0.29, 0.717) is 11.1 Å². The van der Waals surface area contributed by atoms with E-state index in [9.17, 15) is 4.79 Å². The fraction of sp³-hybridized carbons (Fsp3) is 0.529. The molecule has 1 rings (SSSR count). The zero-order valence-electron chi connectivity index (χ0n) is 13.7. The summed E-state index contributed by atoms with van der Waals surface area (Å²) in [4.78, 5) is 15.7. The number of aldehydes is 1. The van der Waals surface area contributed by atoms with E-state index in [0.717, 1.165) is 17.5 Å². The number of aromatic nitrogens is 1. The first-order valence-electron chi connectivity index (χ1n) is 7.03. The van der Waals surface area contributed by atoms with Crippen LogP contribution in [0.1, 0.15) is 49.3 Å². The minimum absolute atomic E-state index is 0.120. The largest absolute Gasteiger partial charge is 0.298 e. The van der Waals surface area contributed by atoms with Gasteiger partial charge in [-0.25, -0.2) is 0 Å². The van der Waals surface area contributed by atoms with Gasteiger partial charge < -0.3 is 0 Å². The van der Waals surface area contributed by atoms with Crippen LogP contribution in [0.2, 0.25) is 25.2 Å². The summed E-state index contributed by atoms with van der Waals surface area (Å²) >= 11 is 0. The Hall–Kier alpha value is -1.40. The van der Waals surface area contributed by atoms with E-state index in [2.05, 4.69) is 64.2 Å². The third-order valence-corrected chi connectivity index (χ3v) is 6.28. The van der Waals surface area contributed by atoms with Gasteiger partial charge in [-0.2, -0.15) is 0 Å². The minimum Gasteiger partial charge on any atom is -0.298 e. The van der Waals surface area contributed by atoms with Crippen LogP contribution in [0.5, 0.6) is 0 Å². The van der Waals surface area contributed by atoms with Crippen LogP contribution >= 0.6 is 0 Å². The summed E-state index contributed by atoms with van der Waals surface area (Å²) in [6.07, 6.45) is 2.57. The van der Waals surface area contributed by atoms with Crippen molar-refractivity contribution in [1.29, 1.82) is 0 Å². The highest BCUT2D eigenvalue weighted by Crippen LogP contribution is 2.26. The van der Waals surface area contributed by atoms with E-state index in [-0.39, 0.29) is 5.41 Å². The van der Waals surface area contributed by atoms with Crippen LogP contribution < -0.4 is 0 Å². The minimum atomic E-state index is -1.29. The lowest BCUT2D eigenvalue weighted by Crippen LogP contribution is -2.25. The molecule has 0 aliphatic heterocycles. The van der Waals surface area contributed by atoms with E-state index in [1.54, 1.807) is 12.3 Å². The molecule has 0 fully saturated rings. The predicted molar refractivity (Wildman–Crippen MR) is 88.0 cm³/mol. The normalized spacial score (nSPS) is 13.3. The molecule has 0 saturated carbocycles. The summed E-state index contributed by atoms with van der Waals surface area (Å²) in [5.74, 6) is 6.58. The average molecular weight is 287 g/mol. The number of nitrogens with zero attached hydrogens (tertiary/aromatic N) is 1. The fourth-order valence-electron chi connectivity index (χ4n) is 1.67. The van der Waals surface area contributed by atoms with Gasteiger partial charge in [0.15, 0.2) is 6.29 Å². The number of hydrogen-bond acceptors (Lipinski definition) is 2. The summed E-state index contributed by atoms with van der Waals surface area (Å²) in [5, 5.41) is 0. The van der Waals surface area contributed by atoms with Crippen molar-refractivity contribution in [3.8, 4) is 11.8 Å². The van der Waals surface area contributed by atoms with Crippen molar-refractivity contribution < 1.29 is 4.79 Å². The highest BCUT2D eigenvalue weighted by molar-refractivity contribution is 6.78. The van der Waals surface area contributed by atoms with Gasteiger partial charge in [0.1, 0.15) is 0 Å². The average Bonchev–Trinajstić information content (AvgIpc) is 2.32. The van der Waals surface area contributed by atoms with Crippen LogP contribution in [0.4, 0.5) is 0 Å². The smallest absolute Gasteiger partial charge is 0.151 e. The van der Waals surface area contributed by atoms with E-state index in [1.165, 1.54) is 0 Å². The molecule has 2 nitrogen and oxygen atoms in total. The molecule has 1 atom stereocenters. The highest BCUT2D eigenvalue weighted by Gasteiger charge is 2.22. The maximum Gasteiger partial charge on any atom is 0.151 e. The number of carbonyl (C=O) groups excluding carboxylic acids is 1. The van der Waals surface area contributed by atoms with Gasteiger partial charge >= 0.3 is 0 Å². The lowest BCUT2D eigenvalue weighted by atomic mass is 9.87. The maximum absolute atomic E-state index is 11.3. The molecule has 0 radical (unpaired) electrons. The Morgan fingerprint density at radius 3 is 2.35 bits per heavy atom. The third-order valence-electron chi connectivity index (χ3n) is 3.53. The van der Waals surface area contributed by atoms with E-state index in [1.807, 2.05) is 0 Å². The van der Waals surface area contributed by atoms with E-state index < -0.39 is 8.07 Å². The summed E-state index contributed by atoms with van der Waals surface area (Å²) in [7, 11) is -1.29. The van der Waals surface area contributed by atoms with Crippen LogP contribution in [0.25, 0.3) is 0 Å². The summed E-state index contributed by atoms with van der Waals surface area (Å²) < 4.78 is 0. The molecule has 20 heavy (non-hydrogen) atoms. The molecular formula is C17H25NOSi. The quantitative estimate of drug-likeness (QED) is 0.462. The first kappa shape index (κ1) is 16.7. The topological polar surface area (TPSA) is 30.0 Å². The lowest BCUT2D eigenvalue weighted by Gasteiger charge is -2.21. The molecule has 0 amide bonds. The number of hydrogen-bond donors (Lipinski definition) is 0. The third kappa shape index (κ3) is 4.04. The number of carbonyl (C=O) groups is 1. The molecule has 0 saturated heterocycles. The Morgan fingerprint density at radius 2 is 1.90 bits per heavy atom. The van der Waals surface area contributed by atoms with Gasteiger partial charge in [-0.3, -0.25) is 9.78 Å². The van der Waals surface area contributed by atoms with E-state index in [4.69, 9.17) is 0 Å². The van der Waals surface area contributed by atoms with Crippen LogP contribution in [0, 0.1) is 11.8 Å². The van der Waals surface area contributed by atoms with Gasteiger partial charge in [0.25, 0.3) is 0 Å². The van der Waals surface area contributed by atoms with Crippen molar-refractivity contribution in [2.75, 3.05) is 0 Å². The molecule has 0 N–H and O–H groups in total. The Bertz CT molecular complexity index is 553. The van der Waals surface area contributed by atoms with Crippen molar-refractivity contribution >= 4 is 14.4 Å². The van der Waals surface area contributed by atoms with Gasteiger partial charge in [-0.15, -0.1) is 0 Å². The van der Waals surface area contributed by atoms with Crippen LogP contribution in [-0.2, 0) is 5.41 Å². The second kappa shape index (κ2) is 5.93. The fourth-order valence-corrected chi connectivity index (χ4v) is 2.18. The van der Waals surface area contributed by atoms with Crippen molar-refractivity contribution in [2.24, 2.45) is 0 Å². The molecule has 1 heterocycles. The molecule has 3 heteroatoms. The molecule has 1 aromatic heterocycles. The summed E-state index contributed by atoms with van der Waals surface area (Å²) in [5.41, 5.74) is 2.60. The Balaban J connectivity index is 3.37. The van der Waals surface area contributed by atoms with Crippen LogP contribution in [0.15, 0.2) is 12.3 Å². The van der Waals surface area contributed by atoms with Gasteiger partial charge in [0, 0.05) is 22.7 Å². The molecule has 0 bridgehead atoms. The van der Waals surface area contributed by atoms with E-state index >= 15 is 0 Å². The first-order chi connectivity index (χ1) is 9.07. The Morgan fingerprint density at radius 1 is 1.30 bits per heavy atom. The number of pyridine rings is 1.